The third-order valence-electron chi connectivity index (χ3n) is 3.12. The van der Waals surface area contributed by atoms with Crippen LogP contribution in [0.25, 0.3) is 0 Å². The van der Waals surface area contributed by atoms with Gasteiger partial charge in [-0.25, -0.2) is 4.39 Å². The maximum absolute atomic E-state index is 13.3. The highest BCUT2D eigenvalue weighted by molar-refractivity contribution is 7.99. The lowest BCUT2D eigenvalue weighted by Gasteiger charge is -2.24. The van der Waals surface area contributed by atoms with Gasteiger partial charge in [-0.05, 0) is 32.0 Å². The summed E-state index contributed by atoms with van der Waals surface area (Å²) in [5.74, 6) is 0.780. The first kappa shape index (κ1) is 12.9. The molecule has 2 rings (SSSR count). The van der Waals surface area contributed by atoms with Gasteiger partial charge in [-0.1, -0.05) is 12.1 Å². The fourth-order valence-electron chi connectivity index (χ4n) is 2.04. The molecule has 1 unspecified atom stereocenters. The Labute approximate surface area is 106 Å². The van der Waals surface area contributed by atoms with Crippen LogP contribution in [0.2, 0.25) is 0 Å². The summed E-state index contributed by atoms with van der Waals surface area (Å²) in [6.07, 6.45) is 1.16. The van der Waals surface area contributed by atoms with Crippen LogP contribution in [0.5, 0.6) is 0 Å². The van der Waals surface area contributed by atoms with E-state index in [0.29, 0.717) is 0 Å². The Bertz CT molecular complexity index is 364. The van der Waals surface area contributed by atoms with Crippen LogP contribution in [-0.4, -0.2) is 30.9 Å². The number of rotatable bonds is 5. The molecule has 4 heteroatoms. The predicted octanol–water partition coefficient (Wildman–Crippen LogP) is 2.26. The summed E-state index contributed by atoms with van der Waals surface area (Å²) < 4.78 is 13.3. The second kappa shape index (κ2) is 5.85. The van der Waals surface area contributed by atoms with Gasteiger partial charge in [-0.3, -0.25) is 0 Å². The summed E-state index contributed by atoms with van der Waals surface area (Å²) in [6.45, 7) is 5.26. The van der Waals surface area contributed by atoms with Gasteiger partial charge in [0.1, 0.15) is 5.82 Å². The second-order valence-corrected chi connectivity index (χ2v) is 5.83. The number of hydrogen-bond acceptors (Lipinski definition) is 3. The van der Waals surface area contributed by atoms with Crippen molar-refractivity contribution in [3.05, 3.63) is 30.1 Å². The Morgan fingerprint density at radius 2 is 2.29 bits per heavy atom. The van der Waals surface area contributed by atoms with Crippen molar-refractivity contribution in [2.45, 2.75) is 23.8 Å². The number of halogens is 1. The van der Waals surface area contributed by atoms with E-state index in [-0.39, 0.29) is 11.4 Å². The van der Waals surface area contributed by atoms with E-state index < -0.39 is 0 Å². The van der Waals surface area contributed by atoms with Crippen LogP contribution in [0.15, 0.2) is 29.2 Å². The van der Waals surface area contributed by atoms with Gasteiger partial charge in [-0.15, -0.1) is 11.8 Å². The third kappa shape index (κ3) is 3.69. The number of nitrogens with one attached hydrogen (secondary N) is 2. The lowest BCUT2D eigenvalue weighted by Crippen LogP contribution is -2.45. The largest absolute Gasteiger partial charge is 0.315 e. The van der Waals surface area contributed by atoms with Crippen molar-refractivity contribution in [3.63, 3.8) is 0 Å². The van der Waals surface area contributed by atoms with Gasteiger partial charge in [0.05, 0.1) is 0 Å². The zero-order chi connectivity index (χ0) is 12.1. The average molecular weight is 254 g/mol. The molecule has 0 spiro atoms. The van der Waals surface area contributed by atoms with Crippen molar-refractivity contribution in [3.8, 4) is 0 Å². The Morgan fingerprint density at radius 3 is 3.00 bits per heavy atom. The normalized spacial score (nSPS) is 24.1. The molecule has 94 valence electrons. The Hall–Kier alpha value is -0.580. The minimum Gasteiger partial charge on any atom is -0.315 e. The molecule has 1 aliphatic rings. The van der Waals surface area contributed by atoms with Gasteiger partial charge in [0.15, 0.2) is 0 Å². The molecule has 1 atom stereocenters. The van der Waals surface area contributed by atoms with E-state index >= 15 is 0 Å². The molecule has 17 heavy (non-hydrogen) atoms. The quantitative estimate of drug-likeness (QED) is 0.622. The predicted molar refractivity (Wildman–Crippen MR) is 71.0 cm³/mol. The van der Waals surface area contributed by atoms with Gasteiger partial charge in [-0.2, -0.15) is 0 Å². The minimum absolute atomic E-state index is 0.119. The zero-order valence-corrected chi connectivity index (χ0v) is 10.9. The van der Waals surface area contributed by atoms with Gasteiger partial charge >= 0.3 is 0 Å². The first-order chi connectivity index (χ1) is 8.20. The summed E-state index contributed by atoms with van der Waals surface area (Å²) in [5.41, 5.74) is 0.218. The smallest absolute Gasteiger partial charge is 0.136 e. The molecule has 0 bridgehead atoms. The summed E-state index contributed by atoms with van der Waals surface area (Å²) >= 11 is 1.57. The van der Waals surface area contributed by atoms with Crippen molar-refractivity contribution < 1.29 is 4.39 Å². The second-order valence-electron chi connectivity index (χ2n) is 4.69. The van der Waals surface area contributed by atoms with E-state index in [2.05, 4.69) is 17.6 Å². The first-order valence-corrected chi connectivity index (χ1v) is 7.01. The molecule has 1 saturated heterocycles. The van der Waals surface area contributed by atoms with Crippen molar-refractivity contribution in [2.75, 3.05) is 25.4 Å². The SMILES string of the molecule is CC1(NCCSc2ccccc2F)CCNC1. The van der Waals surface area contributed by atoms with Crippen molar-refractivity contribution in [2.24, 2.45) is 0 Å². The van der Waals surface area contributed by atoms with Crippen LogP contribution >= 0.6 is 11.8 Å². The lowest BCUT2D eigenvalue weighted by molar-refractivity contribution is 0.400. The van der Waals surface area contributed by atoms with Crippen LogP contribution in [0, 0.1) is 5.82 Å². The Morgan fingerprint density at radius 1 is 1.47 bits per heavy atom. The fourth-order valence-corrected chi connectivity index (χ4v) is 2.85. The standard InChI is InChI=1S/C13H19FN2S/c1-13(6-7-15-10-13)16-8-9-17-12-5-3-2-4-11(12)14/h2-5,15-16H,6-10H2,1H3. The van der Waals surface area contributed by atoms with E-state index in [1.54, 1.807) is 17.8 Å². The van der Waals surface area contributed by atoms with Crippen LogP contribution in [0.3, 0.4) is 0 Å². The molecule has 1 aliphatic heterocycles. The Balaban J connectivity index is 1.71. The molecule has 0 saturated carbocycles. The molecular weight excluding hydrogens is 235 g/mol. The molecule has 1 fully saturated rings. The van der Waals surface area contributed by atoms with E-state index in [1.807, 2.05) is 12.1 Å². The van der Waals surface area contributed by atoms with Gasteiger partial charge in [0.25, 0.3) is 0 Å². The molecule has 2 nitrogen and oxygen atoms in total. The monoisotopic (exact) mass is 254 g/mol. The fraction of sp³-hybridized carbons (Fsp3) is 0.538. The molecule has 0 amide bonds. The highest BCUT2D eigenvalue weighted by atomic mass is 32.2. The molecule has 1 aromatic rings. The highest BCUT2D eigenvalue weighted by Crippen LogP contribution is 2.21. The number of thioether (sulfide) groups is 1. The van der Waals surface area contributed by atoms with E-state index in [0.717, 1.165) is 36.7 Å². The van der Waals surface area contributed by atoms with E-state index in [9.17, 15) is 4.39 Å². The summed E-state index contributed by atoms with van der Waals surface area (Å²) in [4.78, 5) is 0.740. The van der Waals surface area contributed by atoms with Crippen molar-refractivity contribution in [1.29, 1.82) is 0 Å². The Kier molecular flexibility index (Phi) is 4.42. The zero-order valence-electron chi connectivity index (χ0n) is 10.1. The van der Waals surface area contributed by atoms with Crippen molar-refractivity contribution >= 4 is 11.8 Å². The van der Waals surface area contributed by atoms with Gasteiger partial charge < -0.3 is 10.6 Å². The van der Waals surface area contributed by atoms with E-state index in [1.165, 1.54) is 6.07 Å². The average Bonchev–Trinajstić information content (AvgIpc) is 2.74. The van der Waals surface area contributed by atoms with Gasteiger partial charge in [0.2, 0.25) is 0 Å². The van der Waals surface area contributed by atoms with Crippen LogP contribution < -0.4 is 10.6 Å². The van der Waals surface area contributed by atoms with E-state index in [4.69, 9.17) is 0 Å². The molecule has 0 aromatic heterocycles. The molecule has 0 aliphatic carbocycles. The highest BCUT2D eigenvalue weighted by Gasteiger charge is 2.26. The maximum Gasteiger partial charge on any atom is 0.136 e. The van der Waals surface area contributed by atoms with Crippen molar-refractivity contribution in [1.82, 2.24) is 10.6 Å². The molecule has 1 aromatic carbocycles. The van der Waals surface area contributed by atoms with Crippen LogP contribution in [0.4, 0.5) is 4.39 Å². The summed E-state index contributed by atoms with van der Waals surface area (Å²) in [6, 6.07) is 6.95. The molecule has 2 N–H and O–H groups in total. The van der Waals surface area contributed by atoms with Crippen LogP contribution in [-0.2, 0) is 0 Å². The number of benzene rings is 1. The molecular formula is C13H19FN2S. The molecule has 0 radical (unpaired) electrons. The minimum atomic E-state index is -0.119. The maximum atomic E-state index is 13.3. The van der Waals surface area contributed by atoms with Crippen LogP contribution in [0.1, 0.15) is 13.3 Å². The lowest BCUT2D eigenvalue weighted by atomic mass is 10.0. The number of hydrogen-bond donors (Lipinski definition) is 2. The first-order valence-electron chi connectivity index (χ1n) is 6.03. The third-order valence-corrected chi connectivity index (χ3v) is 4.17. The van der Waals surface area contributed by atoms with Gasteiger partial charge in [0, 0.05) is 29.3 Å². The molecule has 1 heterocycles. The topological polar surface area (TPSA) is 24.1 Å². The summed E-state index contributed by atoms with van der Waals surface area (Å²) in [7, 11) is 0. The summed E-state index contributed by atoms with van der Waals surface area (Å²) in [5, 5.41) is 6.89.